The van der Waals surface area contributed by atoms with Crippen LogP contribution in [0.15, 0.2) is 30.3 Å². The summed E-state index contributed by atoms with van der Waals surface area (Å²) in [5.41, 5.74) is -0.0300. The lowest BCUT2D eigenvalue weighted by Crippen LogP contribution is -2.45. The maximum absolute atomic E-state index is 11.9. The first kappa shape index (κ1) is 13.7. The number of rotatable bonds is 5. The maximum Gasteiger partial charge on any atom is 0.252 e. The van der Waals surface area contributed by atoms with Gasteiger partial charge in [0.15, 0.2) is 0 Å². The van der Waals surface area contributed by atoms with Crippen LogP contribution in [-0.2, 0) is 9.53 Å². The molecule has 1 aromatic rings. The number of aliphatic hydroxyl groups excluding tert-OH is 1. The number of ether oxygens (including phenoxy) is 1. The van der Waals surface area contributed by atoms with Gasteiger partial charge in [-0.1, -0.05) is 30.3 Å². The summed E-state index contributed by atoms with van der Waals surface area (Å²) in [7, 11) is 1.48. The van der Waals surface area contributed by atoms with Crippen LogP contribution in [0.5, 0.6) is 0 Å². The van der Waals surface area contributed by atoms with Crippen molar-refractivity contribution in [1.29, 1.82) is 0 Å². The number of carbonyl (C=O) groups is 1. The average molecular weight is 237 g/mol. The van der Waals surface area contributed by atoms with E-state index in [9.17, 15) is 9.90 Å². The van der Waals surface area contributed by atoms with Crippen molar-refractivity contribution in [3.63, 3.8) is 0 Å². The van der Waals surface area contributed by atoms with E-state index in [1.54, 1.807) is 13.8 Å². The molecule has 0 aromatic heterocycles. The smallest absolute Gasteiger partial charge is 0.252 e. The highest BCUT2D eigenvalue weighted by atomic mass is 16.5. The van der Waals surface area contributed by atoms with E-state index in [2.05, 4.69) is 5.32 Å². The minimum Gasteiger partial charge on any atom is -0.394 e. The molecule has 0 bridgehead atoms. The lowest BCUT2D eigenvalue weighted by atomic mass is 10.0. The molecule has 1 amide bonds. The number of carbonyl (C=O) groups excluding carboxylic acids is 1. The summed E-state index contributed by atoms with van der Waals surface area (Å²) in [5.74, 6) is -0.247. The quantitative estimate of drug-likeness (QED) is 0.810. The minimum atomic E-state index is -0.901. The van der Waals surface area contributed by atoms with Gasteiger partial charge in [-0.3, -0.25) is 4.79 Å². The highest BCUT2D eigenvalue weighted by Crippen LogP contribution is 2.15. The van der Waals surface area contributed by atoms with Crippen LogP contribution >= 0.6 is 0 Å². The van der Waals surface area contributed by atoms with Gasteiger partial charge in [-0.2, -0.15) is 0 Å². The molecule has 1 rings (SSSR count). The molecule has 94 valence electrons. The van der Waals surface area contributed by atoms with E-state index in [1.807, 2.05) is 30.3 Å². The summed E-state index contributed by atoms with van der Waals surface area (Å²) >= 11 is 0. The summed E-state index contributed by atoms with van der Waals surface area (Å²) in [6.45, 7) is 3.22. The predicted molar refractivity (Wildman–Crippen MR) is 65.5 cm³/mol. The third-order valence-electron chi connectivity index (χ3n) is 2.75. The number of hydrogen-bond donors (Lipinski definition) is 2. The third-order valence-corrected chi connectivity index (χ3v) is 2.75. The van der Waals surface area contributed by atoms with Gasteiger partial charge in [-0.25, -0.2) is 0 Å². The SMILES string of the molecule is COC(C)(C)C(=O)NC(CO)c1ccccc1. The fraction of sp³-hybridized carbons (Fsp3) is 0.462. The van der Waals surface area contributed by atoms with Gasteiger partial charge < -0.3 is 15.2 Å². The summed E-state index contributed by atoms with van der Waals surface area (Å²) in [5, 5.41) is 12.1. The fourth-order valence-electron chi connectivity index (χ4n) is 1.34. The number of amides is 1. The summed E-state index contributed by atoms with van der Waals surface area (Å²) in [6, 6.07) is 8.94. The van der Waals surface area contributed by atoms with Crippen molar-refractivity contribution < 1.29 is 14.6 Å². The predicted octanol–water partition coefficient (Wildman–Crippen LogP) is 1.26. The molecule has 0 radical (unpaired) electrons. The number of aliphatic hydroxyl groups is 1. The Labute approximate surface area is 102 Å². The zero-order valence-electron chi connectivity index (χ0n) is 10.4. The van der Waals surface area contributed by atoms with Gasteiger partial charge >= 0.3 is 0 Å². The number of hydrogen-bond acceptors (Lipinski definition) is 3. The third kappa shape index (κ3) is 3.54. The highest BCUT2D eigenvalue weighted by Gasteiger charge is 2.28. The Kier molecular flexibility index (Phi) is 4.66. The molecule has 1 atom stereocenters. The van der Waals surface area contributed by atoms with Gasteiger partial charge in [-0.15, -0.1) is 0 Å². The Balaban J connectivity index is 2.75. The van der Waals surface area contributed by atoms with E-state index in [0.717, 1.165) is 5.56 Å². The Morgan fingerprint density at radius 3 is 2.47 bits per heavy atom. The second-order valence-electron chi connectivity index (χ2n) is 4.33. The van der Waals surface area contributed by atoms with Crippen LogP contribution in [0.3, 0.4) is 0 Å². The minimum absolute atomic E-state index is 0.143. The molecule has 1 aromatic carbocycles. The van der Waals surface area contributed by atoms with Crippen LogP contribution < -0.4 is 5.32 Å². The summed E-state index contributed by atoms with van der Waals surface area (Å²) < 4.78 is 5.09. The van der Waals surface area contributed by atoms with Gasteiger partial charge in [-0.05, 0) is 19.4 Å². The van der Waals surface area contributed by atoms with E-state index in [1.165, 1.54) is 7.11 Å². The molecular weight excluding hydrogens is 218 g/mol. The molecule has 0 fully saturated rings. The van der Waals surface area contributed by atoms with Gasteiger partial charge in [0, 0.05) is 7.11 Å². The first-order valence-corrected chi connectivity index (χ1v) is 5.53. The van der Waals surface area contributed by atoms with Gasteiger partial charge in [0.05, 0.1) is 12.6 Å². The van der Waals surface area contributed by atoms with E-state index >= 15 is 0 Å². The molecule has 17 heavy (non-hydrogen) atoms. The average Bonchev–Trinajstić information content (AvgIpc) is 2.36. The van der Waals surface area contributed by atoms with E-state index < -0.39 is 11.6 Å². The molecule has 1 unspecified atom stereocenters. The molecule has 4 nitrogen and oxygen atoms in total. The molecule has 0 aliphatic carbocycles. The number of methoxy groups -OCH3 is 1. The molecular formula is C13H19NO3. The van der Waals surface area contributed by atoms with E-state index in [-0.39, 0.29) is 12.5 Å². The van der Waals surface area contributed by atoms with Crippen molar-refractivity contribution >= 4 is 5.91 Å². The topological polar surface area (TPSA) is 58.6 Å². The molecule has 4 heteroatoms. The fourth-order valence-corrected chi connectivity index (χ4v) is 1.34. The van der Waals surface area contributed by atoms with Crippen LogP contribution in [0, 0.1) is 0 Å². The number of nitrogens with one attached hydrogen (secondary N) is 1. The Morgan fingerprint density at radius 2 is 2.00 bits per heavy atom. The molecule has 0 heterocycles. The van der Waals surface area contributed by atoms with Gasteiger partial charge in [0.1, 0.15) is 5.60 Å². The van der Waals surface area contributed by atoms with Crippen LogP contribution in [0.2, 0.25) is 0 Å². The van der Waals surface area contributed by atoms with Gasteiger partial charge in [0.25, 0.3) is 5.91 Å². The molecule has 0 saturated carbocycles. The molecule has 0 aliphatic heterocycles. The van der Waals surface area contributed by atoms with Crippen LogP contribution in [0.4, 0.5) is 0 Å². The molecule has 2 N–H and O–H groups in total. The van der Waals surface area contributed by atoms with Crippen molar-refractivity contribution in [2.45, 2.75) is 25.5 Å². The van der Waals surface area contributed by atoms with Crippen molar-refractivity contribution in [1.82, 2.24) is 5.32 Å². The highest BCUT2D eigenvalue weighted by molar-refractivity contribution is 5.84. The standard InChI is InChI=1S/C13H19NO3/c1-13(2,17-3)12(16)14-11(9-15)10-7-5-4-6-8-10/h4-8,11,15H,9H2,1-3H3,(H,14,16). The second-order valence-corrected chi connectivity index (χ2v) is 4.33. The van der Waals surface area contributed by atoms with Crippen molar-refractivity contribution in [2.24, 2.45) is 0 Å². The van der Waals surface area contributed by atoms with Crippen molar-refractivity contribution in [3.8, 4) is 0 Å². The number of benzene rings is 1. The molecule has 0 spiro atoms. The second kappa shape index (κ2) is 5.80. The van der Waals surface area contributed by atoms with E-state index in [0.29, 0.717) is 0 Å². The van der Waals surface area contributed by atoms with Gasteiger partial charge in [0.2, 0.25) is 0 Å². The van der Waals surface area contributed by atoms with Crippen molar-refractivity contribution in [2.75, 3.05) is 13.7 Å². The first-order chi connectivity index (χ1) is 8.01. The Morgan fingerprint density at radius 1 is 1.41 bits per heavy atom. The lowest BCUT2D eigenvalue weighted by molar-refractivity contribution is -0.140. The summed E-state index contributed by atoms with van der Waals surface area (Å²) in [6.07, 6.45) is 0. The van der Waals surface area contributed by atoms with Crippen molar-refractivity contribution in [3.05, 3.63) is 35.9 Å². The summed E-state index contributed by atoms with van der Waals surface area (Å²) in [4.78, 5) is 11.9. The Bertz CT molecular complexity index is 362. The first-order valence-electron chi connectivity index (χ1n) is 5.53. The van der Waals surface area contributed by atoms with Crippen LogP contribution in [0.25, 0.3) is 0 Å². The zero-order chi connectivity index (χ0) is 12.9. The van der Waals surface area contributed by atoms with E-state index in [4.69, 9.17) is 4.74 Å². The molecule has 0 aliphatic rings. The van der Waals surface area contributed by atoms with Crippen LogP contribution in [0.1, 0.15) is 25.5 Å². The molecule has 0 saturated heterocycles. The zero-order valence-corrected chi connectivity index (χ0v) is 10.4. The van der Waals surface area contributed by atoms with Crippen LogP contribution in [-0.4, -0.2) is 30.3 Å². The largest absolute Gasteiger partial charge is 0.394 e. The Hall–Kier alpha value is -1.39. The maximum atomic E-state index is 11.9. The monoisotopic (exact) mass is 237 g/mol. The lowest BCUT2D eigenvalue weighted by Gasteiger charge is -2.25. The normalized spacial score (nSPS) is 13.2.